The number of likely N-dealkylation sites (tertiary alicyclic amines) is 1. The van der Waals surface area contributed by atoms with Gasteiger partial charge in [0.15, 0.2) is 0 Å². The Kier molecular flexibility index (Phi) is 4.08. The van der Waals surface area contributed by atoms with Crippen LogP contribution in [0.1, 0.15) is 36.5 Å². The first-order chi connectivity index (χ1) is 10.2. The van der Waals surface area contributed by atoms with E-state index in [-0.39, 0.29) is 5.91 Å². The molecule has 0 bridgehead atoms. The van der Waals surface area contributed by atoms with Crippen molar-refractivity contribution in [1.82, 2.24) is 14.7 Å². The Morgan fingerprint density at radius 3 is 2.86 bits per heavy atom. The van der Waals surface area contributed by atoms with Crippen LogP contribution in [0.25, 0.3) is 0 Å². The highest BCUT2D eigenvalue weighted by atomic mass is 16.3. The van der Waals surface area contributed by atoms with Crippen LogP contribution >= 0.6 is 0 Å². The van der Waals surface area contributed by atoms with Gasteiger partial charge in [-0.2, -0.15) is 5.10 Å². The summed E-state index contributed by atoms with van der Waals surface area (Å²) in [5.74, 6) is 1.65. The molecular formula is C16H21N3O2. The van der Waals surface area contributed by atoms with Crippen molar-refractivity contribution in [2.24, 2.45) is 7.05 Å². The maximum atomic E-state index is 12.2. The smallest absolute Gasteiger partial charge is 0.223 e. The standard InChI is InChI=1S/C16H21N3O2/c1-18-12-14(11-17-18)13-6-8-19(9-7-13)16(20)5-4-15-3-2-10-21-15/h2-3,10-13H,4-9H2,1H3. The summed E-state index contributed by atoms with van der Waals surface area (Å²) in [4.78, 5) is 14.2. The fourth-order valence-electron chi connectivity index (χ4n) is 2.96. The van der Waals surface area contributed by atoms with E-state index in [1.807, 2.05) is 35.0 Å². The minimum atomic E-state index is 0.232. The van der Waals surface area contributed by atoms with E-state index >= 15 is 0 Å². The van der Waals surface area contributed by atoms with Crippen LogP contribution in [0, 0.1) is 0 Å². The van der Waals surface area contributed by atoms with Gasteiger partial charge in [-0.05, 0) is 36.5 Å². The lowest BCUT2D eigenvalue weighted by Gasteiger charge is -2.31. The second-order valence-corrected chi connectivity index (χ2v) is 5.68. The zero-order chi connectivity index (χ0) is 14.7. The third-order valence-electron chi connectivity index (χ3n) is 4.21. The molecule has 1 saturated heterocycles. The van der Waals surface area contributed by atoms with Crippen molar-refractivity contribution in [2.75, 3.05) is 13.1 Å². The van der Waals surface area contributed by atoms with Gasteiger partial charge in [-0.3, -0.25) is 9.48 Å². The predicted molar refractivity (Wildman–Crippen MR) is 78.8 cm³/mol. The summed E-state index contributed by atoms with van der Waals surface area (Å²) >= 11 is 0. The summed E-state index contributed by atoms with van der Waals surface area (Å²) < 4.78 is 7.11. The second-order valence-electron chi connectivity index (χ2n) is 5.68. The first-order valence-electron chi connectivity index (χ1n) is 7.51. The number of hydrogen-bond acceptors (Lipinski definition) is 3. The Labute approximate surface area is 124 Å². The van der Waals surface area contributed by atoms with E-state index in [2.05, 4.69) is 11.3 Å². The number of carbonyl (C=O) groups is 1. The summed E-state index contributed by atoms with van der Waals surface area (Å²) in [6.45, 7) is 1.69. The zero-order valence-electron chi connectivity index (χ0n) is 12.4. The molecule has 3 heterocycles. The lowest BCUT2D eigenvalue weighted by Crippen LogP contribution is -2.37. The van der Waals surface area contributed by atoms with Crippen molar-refractivity contribution < 1.29 is 9.21 Å². The Hall–Kier alpha value is -2.04. The topological polar surface area (TPSA) is 51.3 Å². The molecule has 1 aliphatic heterocycles. The molecule has 1 fully saturated rings. The molecule has 0 radical (unpaired) electrons. The van der Waals surface area contributed by atoms with E-state index in [0.29, 0.717) is 18.8 Å². The molecule has 0 saturated carbocycles. The van der Waals surface area contributed by atoms with Crippen LogP contribution in [-0.2, 0) is 18.3 Å². The third-order valence-corrected chi connectivity index (χ3v) is 4.21. The van der Waals surface area contributed by atoms with E-state index in [1.54, 1.807) is 6.26 Å². The van der Waals surface area contributed by atoms with Gasteiger partial charge in [0, 0.05) is 39.2 Å². The quantitative estimate of drug-likeness (QED) is 0.867. The number of hydrogen-bond donors (Lipinski definition) is 0. The normalized spacial score (nSPS) is 16.3. The van der Waals surface area contributed by atoms with Gasteiger partial charge in [-0.15, -0.1) is 0 Å². The summed E-state index contributed by atoms with van der Waals surface area (Å²) in [6, 6.07) is 3.78. The largest absolute Gasteiger partial charge is 0.469 e. The Morgan fingerprint density at radius 2 is 2.24 bits per heavy atom. The fourth-order valence-corrected chi connectivity index (χ4v) is 2.96. The minimum absolute atomic E-state index is 0.232. The van der Waals surface area contributed by atoms with Crippen LogP contribution in [0.15, 0.2) is 35.2 Å². The van der Waals surface area contributed by atoms with Gasteiger partial charge in [0.25, 0.3) is 0 Å². The van der Waals surface area contributed by atoms with Crippen LogP contribution < -0.4 is 0 Å². The highest BCUT2D eigenvalue weighted by Gasteiger charge is 2.24. The Bertz CT molecular complexity index is 580. The summed E-state index contributed by atoms with van der Waals surface area (Å²) in [5, 5.41) is 4.23. The molecule has 5 heteroatoms. The molecule has 2 aromatic heterocycles. The molecular weight excluding hydrogens is 266 g/mol. The Morgan fingerprint density at radius 1 is 1.43 bits per heavy atom. The van der Waals surface area contributed by atoms with Crippen molar-refractivity contribution in [3.8, 4) is 0 Å². The molecule has 3 rings (SSSR count). The van der Waals surface area contributed by atoms with Gasteiger partial charge in [0.2, 0.25) is 5.91 Å². The van der Waals surface area contributed by atoms with Crippen LogP contribution in [0.4, 0.5) is 0 Å². The first-order valence-corrected chi connectivity index (χ1v) is 7.51. The average Bonchev–Trinajstić information content (AvgIpc) is 3.16. The van der Waals surface area contributed by atoms with Gasteiger partial charge in [-0.25, -0.2) is 0 Å². The average molecular weight is 287 g/mol. The van der Waals surface area contributed by atoms with Gasteiger partial charge < -0.3 is 9.32 Å². The van der Waals surface area contributed by atoms with Crippen LogP contribution in [0.5, 0.6) is 0 Å². The molecule has 0 spiro atoms. The molecule has 112 valence electrons. The van der Waals surface area contributed by atoms with Gasteiger partial charge in [-0.1, -0.05) is 0 Å². The lowest BCUT2D eigenvalue weighted by atomic mass is 9.91. The third kappa shape index (κ3) is 3.35. The monoisotopic (exact) mass is 287 g/mol. The van der Waals surface area contributed by atoms with Gasteiger partial charge in [0.05, 0.1) is 12.5 Å². The molecule has 21 heavy (non-hydrogen) atoms. The molecule has 0 N–H and O–H groups in total. The summed E-state index contributed by atoms with van der Waals surface area (Å²) in [7, 11) is 1.94. The lowest BCUT2D eigenvalue weighted by molar-refractivity contribution is -0.132. The number of rotatable bonds is 4. The second kappa shape index (κ2) is 6.16. The Balaban J connectivity index is 1.47. The summed E-state index contributed by atoms with van der Waals surface area (Å²) in [5.41, 5.74) is 1.29. The van der Waals surface area contributed by atoms with Crippen LogP contribution in [0.3, 0.4) is 0 Å². The molecule has 1 aliphatic rings. The van der Waals surface area contributed by atoms with E-state index in [0.717, 1.165) is 31.7 Å². The number of aryl methyl sites for hydroxylation is 2. The van der Waals surface area contributed by atoms with Crippen LogP contribution in [0.2, 0.25) is 0 Å². The van der Waals surface area contributed by atoms with Crippen LogP contribution in [-0.4, -0.2) is 33.7 Å². The number of amides is 1. The number of nitrogens with zero attached hydrogens (tertiary/aromatic N) is 3. The number of aromatic nitrogens is 2. The maximum absolute atomic E-state index is 12.2. The zero-order valence-corrected chi connectivity index (χ0v) is 12.4. The molecule has 0 aromatic carbocycles. The molecule has 0 unspecified atom stereocenters. The number of carbonyl (C=O) groups excluding carboxylic acids is 1. The van der Waals surface area contributed by atoms with Gasteiger partial charge >= 0.3 is 0 Å². The number of furan rings is 1. The maximum Gasteiger partial charge on any atom is 0.223 e. The van der Waals surface area contributed by atoms with Crippen molar-refractivity contribution in [3.05, 3.63) is 42.1 Å². The molecule has 2 aromatic rings. The fraction of sp³-hybridized carbons (Fsp3) is 0.500. The highest BCUT2D eigenvalue weighted by molar-refractivity contribution is 5.76. The van der Waals surface area contributed by atoms with E-state index in [9.17, 15) is 4.79 Å². The van der Waals surface area contributed by atoms with E-state index in [1.165, 1.54) is 5.56 Å². The van der Waals surface area contributed by atoms with Crippen molar-refractivity contribution in [3.63, 3.8) is 0 Å². The minimum Gasteiger partial charge on any atom is -0.469 e. The SMILES string of the molecule is Cn1cc(C2CCN(C(=O)CCc3ccco3)CC2)cn1. The number of piperidine rings is 1. The van der Waals surface area contributed by atoms with E-state index in [4.69, 9.17) is 4.42 Å². The summed E-state index contributed by atoms with van der Waals surface area (Å²) in [6.07, 6.45) is 8.95. The van der Waals surface area contributed by atoms with Crippen molar-refractivity contribution in [1.29, 1.82) is 0 Å². The molecule has 1 amide bonds. The molecule has 0 aliphatic carbocycles. The van der Waals surface area contributed by atoms with E-state index < -0.39 is 0 Å². The molecule has 0 atom stereocenters. The highest BCUT2D eigenvalue weighted by Crippen LogP contribution is 2.27. The van der Waals surface area contributed by atoms with Gasteiger partial charge in [0.1, 0.15) is 5.76 Å². The van der Waals surface area contributed by atoms with Crippen molar-refractivity contribution >= 4 is 5.91 Å². The predicted octanol–water partition coefficient (Wildman–Crippen LogP) is 2.35. The molecule has 5 nitrogen and oxygen atoms in total. The first kappa shape index (κ1) is 13.9. The van der Waals surface area contributed by atoms with Crippen molar-refractivity contribution in [2.45, 2.75) is 31.6 Å².